The number of hydrogen-bond acceptors (Lipinski definition) is 5. The van der Waals surface area contributed by atoms with Gasteiger partial charge in [-0.1, -0.05) is 35.5 Å². The molecule has 1 aliphatic carbocycles. The molecule has 5 heteroatoms. The van der Waals surface area contributed by atoms with Crippen molar-refractivity contribution in [3.63, 3.8) is 0 Å². The van der Waals surface area contributed by atoms with Crippen molar-refractivity contribution in [2.75, 3.05) is 20.3 Å². The molecule has 4 rings (SSSR count). The summed E-state index contributed by atoms with van der Waals surface area (Å²) >= 11 is 0. The van der Waals surface area contributed by atoms with E-state index in [9.17, 15) is 5.11 Å². The number of aromatic nitrogens is 1. The molecule has 1 aliphatic rings. The van der Waals surface area contributed by atoms with Crippen LogP contribution in [0.1, 0.15) is 18.6 Å². The number of ether oxygens (including phenoxy) is 1. The Hall–Kier alpha value is -2.37. The molecule has 25 heavy (non-hydrogen) atoms. The van der Waals surface area contributed by atoms with Gasteiger partial charge < -0.3 is 14.4 Å². The van der Waals surface area contributed by atoms with Crippen LogP contribution in [-0.4, -0.2) is 41.5 Å². The monoisotopic (exact) mass is 338 g/mol. The molecular formula is C20H22N2O3. The van der Waals surface area contributed by atoms with Crippen LogP contribution in [0.5, 0.6) is 5.75 Å². The molecule has 1 saturated carbocycles. The van der Waals surface area contributed by atoms with Gasteiger partial charge in [0.25, 0.3) is 0 Å². The van der Waals surface area contributed by atoms with Crippen LogP contribution in [0.3, 0.4) is 0 Å². The van der Waals surface area contributed by atoms with Gasteiger partial charge in [-0.05, 0) is 29.7 Å². The van der Waals surface area contributed by atoms with Crippen LogP contribution in [0.15, 0.2) is 47.0 Å². The average molecular weight is 338 g/mol. The first-order valence-electron chi connectivity index (χ1n) is 8.66. The molecule has 1 heterocycles. The van der Waals surface area contributed by atoms with Crippen molar-refractivity contribution in [2.24, 2.45) is 0 Å². The second kappa shape index (κ2) is 6.86. The Kier molecular flexibility index (Phi) is 4.42. The summed E-state index contributed by atoms with van der Waals surface area (Å²) in [5.74, 6) is 1.60. The molecule has 5 nitrogen and oxygen atoms in total. The molecule has 0 radical (unpaired) electrons. The Labute approximate surface area is 146 Å². The first kappa shape index (κ1) is 16.1. The molecule has 0 aliphatic heterocycles. The molecule has 0 bridgehead atoms. The number of hydrogen-bond donors (Lipinski definition) is 1. The summed E-state index contributed by atoms with van der Waals surface area (Å²) < 4.78 is 11.2. The topological polar surface area (TPSA) is 58.7 Å². The number of rotatable bonds is 7. The number of benzene rings is 2. The van der Waals surface area contributed by atoms with Crippen LogP contribution in [0.25, 0.3) is 22.0 Å². The van der Waals surface area contributed by atoms with Gasteiger partial charge in [0, 0.05) is 18.7 Å². The fraction of sp³-hybridized carbons (Fsp3) is 0.350. The van der Waals surface area contributed by atoms with Crippen molar-refractivity contribution in [3.05, 3.63) is 48.2 Å². The highest BCUT2D eigenvalue weighted by molar-refractivity contribution is 5.98. The van der Waals surface area contributed by atoms with Gasteiger partial charge in [0.1, 0.15) is 11.4 Å². The summed E-state index contributed by atoms with van der Waals surface area (Å²) in [5.41, 5.74) is 1.74. The first-order valence-corrected chi connectivity index (χ1v) is 8.66. The van der Waals surface area contributed by atoms with Gasteiger partial charge in [-0.3, -0.25) is 4.90 Å². The van der Waals surface area contributed by atoms with E-state index in [2.05, 4.69) is 28.3 Å². The minimum atomic E-state index is 0.161. The lowest BCUT2D eigenvalue weighted by Crippen LogP contribution is -2.28. The molecule has 0 spiro atoms. The van der Waals surface area contributed by atoms with E-state index < -0.39 is 0 Å². The highest BCUT2D eigenvalue weighted by atomic mass is 16.5. The Bertz CT molecular complexity index is 870. The lowest BCUT2D eigenvalue weighted by atomic mass is 10.0. The van der Waals surface area contributed by atoms with E-state index in [1.807, 2.05) is 24.3 Å². The average Bonchev–Trinajstić information content (AvgIpc) is 3.40. The van der Waals surface area contributed by atoms with Crippen molar-refractivity contribution in [3.8, 4) is 17.0 Å². The van der Waals surface area contributed by atoms with Gasteiger partial charge >= 0.3 is 0 Å². The number of nitrogens with zero attached hydrogens (tertiary/aromatic N) is 2. The zero-order valence-corrected chi connectivity index (χ0v) is 14.3. The fourth-order valence-corrected chi connectivity index (χ4v) is 3.35. The van der Waals surface area contributed by atoms with Crippen molar-refractivity contribution < 1.29 is 14.4 Å². The predicted molar refractivity (Wildman–Crippen MR) is 96.5 cm³/mol. The standard InChI is InChI=1S/C20H22N2O3/c1-24-19-9-6-14-4-2-3-5-17(14)20(19)18-12-16(25-21-18)13-22(10-11-23)15-7-8-15/h2-6,9,12,15,23H,7-8,10-11,13H2,1H3. The molecule has 0 atom stereocenters. The Morgan fingerprint density at radius 1 is 1.24 bits per heavy atom. The third kappa shape index (κ3) is 3.25. The SMILES string of the molecule is COc1ccc2ccccc2c1-c1cc(CN(CCO)C2CC2)on1. The Morgan fingerprint density at radius 2 is 2.08 bits per heavy atom. The van der Waals surface area contributed by atoms with Crippen LogP contribution in [0, 0.1) is 0 Å². The number of fused-ring (bicyclic) bond motifs is 1. The molecule has 1 N–H and O–H groups in total. The number of aliphatic hydroxyl groups is 1. The van der Waals surface area contributed by atoms with Crippen LogP contribution < -0.4 is 4.74 Å². The van der Waals surface area contributed by atoms with Crippen molar-refractivity contribution in [1.29, 1.82) is 0 Å². The lowest BCUT2D eigenvalue weighted by molar-refractivity contribution is 0.169. The second-order valence-electron chi connectivity index (χ2n) is 6.47. The van der Waals surface area contributed by atoms with E-state index in [1.54, 1.807) is 7.11 Å². The summed E-state index contributed by atoms with van der Waals surface area (Å²) in [5, 5.41) is 15.8. The number of aliphatic hydroxyl groups excluding tert-OH is 1. The molecule has 1 aromatic heterocycles. The minimum Gasteiger partial charge on any atom is -0.496 e. The van der Waals surface area contributed by atoms with Gasteiger partial charge in [-0.25, -0.2) is 0 Å². The Balaban J connectivity index is 1.69. The smallest absolute Gasteiger partial charge is 0.151 e. The van der Waals surface area contributed by atoms with Crippen molar-refractivity contribution in [2.45, 2.75) is 25.4 Å². The van der Waals surface area contributed by atoms with Gasteiger partial charge in [-0.2, -0.15) is 0 Å². The minimum absolute atomic E-state index is 0.161. The molecule has 0 unspecified atom stereocenters. The molecular weight excluding hydrogens is 316 g/mol. The molecule has 130 valence electrons. The van der Waals surface area contributed by atoms with Crippen molar-refractivity contribution in [1.82, 2.24) is 10.1 Å². The van der Waals surface area contributed by atoms with Gasteiger partial charge in [-0.15, -0.1) is 0 Å². The molecule has 3 aromatic rings. The molecule has 1 fully saturated rings. The largest absolute Gasteiger partial charge is 0.496 e. The van der Waals surface area contributed by atoms with E-state index in [0.717, 1.165) is 33.5 Å². The maximum Gasteiger partial charge on any atom is 0.151 e. The van der Waals surface area contributed by atoms with E-state index in [1.165, 1.54) is 12.8 Å². The second-order valence-corrected chi connectivity index (χ2v) is 6.47. The third-order valence-electron chi connectivity index (χ3n) is 4.74. The molecule has 0 amide bonds. The normalized spacial score (nSPS) is 14.4. The zero-order chi connectivity index (χ0) is 17.2. The maximum absolute atomic E-state index is 9.26. The molecule has 2 aromatic carbocycles. The van der Waals surface area contributed by atoms with E-state index in [-0.39, 0.29) is 6.61 Å². The van der Waals surface area contributed by atoms with E-state index in [0.29, 0.717) is 19.1 Å². The van der Waals surface area contributed by atoms with Gasteiger partial charge in [0.05, 0.1) is 25.8 Å². The fourth-order valence-electron chi connectivity index (χ4n) is 3.35. The number of methoxy groups -OCH3 is 1. The maximum atomic E-state index is 9.26. The van der Waals surface area contributed by atoms with Crippen LogP contribution in [-0.2, 0) is 6.54 Å². The quantitative estimate of drug-likeness (QED) is 0.715. The van der Waals surface area contributed by atoms with Gasteiger partial charge in [0.2, 0.25) is 0 Å². The third-order valence-corrected chi connectivity index (χ3v) is 4.74. The van der Waals surface area contributed by atoms with Crippen LogP contribution in [0.2, 0.25) is 0 Å². The Morgan fingerprint density at radius 3 is 2.84 bits per heavy atom. The lowest BCUT2D eigenvalue weighted by Gasteiger charge is -2.18. The van der Waals surface area contributed by atoms with Crippen LogP contribution in [0.4, 0.5) is 0 Å². The zero-order valence-electron chi connectivity index (χ0n) is 14.3. The van der Waals surface area contributed by atoms with Gasteiger partial charge in [0.15, 0.2) is 5.76 Å². The van der Waals surface area contributed by atoms with E-state index >= 15 is 0 Å². The van der Waals surface area contributed by atoms with Crippen molar-refractivity contribution >= 4 is 10.8 Å². The highest BCUT2D eigenvalue weighted by Gasteiger charge is 2.29. The summed E-state index contributed by atoms with van der Waals surface area (Å²) in [7, 11) is 1.67. The summed E-state index contributed by atoms with van der Waals surface area (Å²) in [6, 6.07) is 14.8. The molecule has 0 saturated heterocycles. The highest BCUT2D eigenvalue weighted by Crippen LogP contribution is 2.37. The predicted octanol–water partition coefficient (Wildman–Crippen LogP) is 3.46. The summed E-state index contributed by atoms with van der Waals surface area (Å²) in [6.45, 7) is 1.50. The summed E-state index contributed by atoms with van der Waals surface area (Å²) in [6.07, 6.45) is 2.39. The van der Waals surface area contributed by atoms with E-state index in [4.69, 9.17) is 9.26 Å². The first-order chi connectivity index (χ1) is 12.3. The van der Waals surface area contributed by atoms with Crippen LogP contribution >= 0.6 is 0 Å². The summed E-state index contributed by atoms with van der Waals surface area (Å²) in [4.78, 5) is 2.25.